The summed E-state index contributed by atoms with van der Waals surface area (Å²) in [7, 11) is -3.82. The van der Waals surface area contributed by atoms with Crippen LogP contribution in [0.15, 0.2) is 34.1 Å². The Morgan fingerprint density at radius 2 is 1.93 bits per heavy atom. The Labute approximate surface area is 154 Å². The Morgan fingerprint density at radius 3 is 2.63 bits per heavy atom. The lowest BCUT2D eigenvalue weighted by Gasteiger charge is -2.26. The van der Waals surface area contributed by atoms with Crippen molar-refractivity contribution in [3.63, 3.8) is 0 Å². The minimum atomic E-state index is -3.82. The number of fused-ring (bicyclic) bond motifs is 3. The highest BCUT2D eigenvalue weighted by atomic mass is 32.2. The third-order valence-electron chi connectivity index (χ3n) is 4.76. The molecule has 3 heterocycles. The largest absolute Gasteiger partial charge is 0.478 e. The maximum atomic E-state index is 12.8. The molecular formula is C17H18N4O5S. The van der Waals surface area contributed by atoms with E-state index in [0.717, 1.165) is 19.3 Å². The number of piperidine rings is 1. The van der Waals surface area contributed by atoms with Gasteiger partial charge in [0, 0.05) is 35.6 Å². The molecule has 4 rings (SSSR count). The molecular weight excluding hydrogens is 372 g/mol. The number of hydrogen-bond acceptors (Lipinski definition) is 5. The number of pyridine rings is 1. The number of H-pyrrole nitrogens is 2. The van der Waals surface area contributed by atoms with Crippen molar-refractivity contribution in [2.45, 2.75) is 24.2 Å². The maximum Gasteiger partial charge on any atom is 0.337 e. The first kappa shape index (κ1) is 17.7. The molecule has 1 saturated heterocycles. The molecule has 0 saturated carbocycles. The number of carboxylic acid groups (broad SMARTS) is 1. The number of sulfonamides is 1. The quantitative estimate of drug-likeness (QED) is 0.532. The van der Waals surface area contributed by atoms with Crippen molar-refractivity contribution in [3.8, 4) is 0 Å². The van der Waals surface area contributed by atoms with E-state index >= 15 is 0 Å². The molecule has 0 amide bonds. The fraction of sp³-hybridized carbons (Fsp3) is 0.294. The van der Waals surface area contributed by atoms with Crippen molar-refractivity contribution in [2.75, 3.05) is 13.1 Å². The topological polar surface area (TPSA) is 135 Å². The molecule has 0 radical (unpaired) electrons. The number of aromatic nitrogens is 2. The summed E-state index contributed by atoms with van der Waals surface area (Å²) >= 11 is 0. The Bertz CT molecular complexity index is 1210. The SMILES string of the molecule is O=C(O)c1c[nH]c2c(=O)[nH]c3ccc(S(=O)(=O)NN4CCCCC4)cc3c12. The van der Waals surface area contributed by atoms with Gasteiger partial charge in [-0.05, 0) is 31.0 Å². The molecule has 4 N–H and O–H groups in total. The van der Waals surface area contributed by atoms with Crippen molar-refractivity contribution in [1.29, 1.82) is 0 Å². The second-order valence-corrected chi connectivity index (χ2v) is 8.22. The third kappa shape index (κ3) is 3.11. The van der Waals surface area contributed by atoms with Crippen LogP contribution in [0.3, 0.4) is 0 Å². The van der Waals surface area contributed by atoms with Crippen molar-refractivity contribution >= 4 is 37.8 Å². The van der Waals surface area contributed by atoms with Crippen LogP contribution in [0, 0.1) is 0 Å². The van der Waals surface area contributed by atoms with E-state index in [-0.39, 0.29) is 21.4 Å². The number of aromatic carboxylic acids is 1. The lowest BCUT2D eigenvalue weighted by Crippen LogP contribution is -2.44. The van der Waals surface area contributed by atoms with Gasteiger partial charge in [-0.2, -0.15) is 0 Å². The first-order valence-corrected chi connectivity index (χ1v) is 10.0. The van der Waals surface area contributed by atoms with Crippen molar-refractivity contribution in [3.05, 3.63) is 40.3 Å². The third-order valence-corrected chi connectivity index (χ3v) is 6.13. The number of nitrogens with one attached hydrogen (secondary N) is 3. The number of carboxylic acids is 1. The zero-order valence-corrected chi connectivity index (χ0v) is 15.1. The van der Waals surface area contributed by atoms with Crippen LogP contribution in [-0.2, 0) is 10.0 Å². The van der Waals surface area contributed by atoms with Crippen LogP contribution < -0.4 is 10.4 Å². The number of carbonyl (C=O) groups is 1. The van der Waals surface area contributed by atoms with E-state index in [9.17, 15) is 23.1 Å². The molecule has 1 aliphatic rings. The van der Waals surface area contributed by atoms with Gasteiger partial charge in [-0.15, -0.1) is 4.83 Å². The summed E-state index contributed by atoms with van der Waals surface area (Å²) in [5, 5.41) is 11.6. The molecule has 0 spiro atoms. The predicted octanol–water partition coefficient (Wildman–Crippen LogP) is 1.39. The molecule has 0 bridgehead atoms. The standard InChI is InChI=1S/C17H18N4O5S/c22-16-15-14(12(9-18-15)17(23)24)11-8-10(4-5-13(11)19-16)27(25,26)20-21-6-2-1-3-7-21/h4-5,8-9,18,20H,1-3,6-7H2,(H,19,22)(H,23,24). The summed E-state index contributed by atoms with van der Waals surface area (Å²) in [6.07, 6.45) is 4.15. The number of rotatable bonds is 4. The van der Waals surface area contributed by atoms with E-state index in [2.05, 4.69) is 14.8 Å². The zero-order chi connectivity index (χ0) is 19.2. The van der Waals surface area contributed by atoms with Crippen molar-refractivity contribution in [2.24, 2.45) is 0 Å². The second-order valence-electron chi connectivity index (χ2n) is 6.56. The van der Waals surface area contributed by atoms with Gasteiger partial charge in [0.15, 0.2) is 0 Å². The molecule has 3 aromatic rings. The van der Waals surface area contributed by atoms with Crippen LogP contribution in [0.25, 0.3) is 21.8 Å². The summed E-state index contributed by atoms with van der Waals surface area (Å²) in [6.45, 7) is 1.29. The molecule has 142 valence electrons. The molecule has 2 aromatic heterocycles. The fourth-order valence-corrected chi connectivity index (χ4v) is 4.60. The highest BCUT2D eigenvalue weighted by molar-refractivity contribution is 7.89. The molecule has 1 fully saturated rings. The highest BCUT2D eigenvalue weighted by Gasteiger charge is 2.22. The number of hydrazine groups is 1. The van der Waals surface area contributed by atoms with E-state index in [1.54, 1.807) is 5.01 Å². The van der Waals surface area contributed by atoms with E-state index in [1.165, 1.54) is 24.4 Å². The van der Waals surface area contributed by atoms with E-state index in [1.807, 2.05) is 0 Å². The van der Waals surface area contributed by atoms with Gasteiger partial charge in [-0.25, -0.2) is 18.2 Å². The monoisotopic (exact) mass is 390 g/mol. The maximum absolute atomic E-state index is 12.8. The fourth-order valence-electron chi connectivity index (χ4n) is 3.45. The Hall–Kier alpha value is -2.69. The number of benzene rings is 1. The van der Waals surface area contributed by atoms with Crippen LogP contribution in [-0.4, -0.2) is 47.6 Å². The summed E-state index contributed by atoms with van der Waals surface area (Å²) in [6, 6.07) is 4.25. The van der Waals surface area contributed by atoms with Gasteiger partial charge >= 0.3 is 5.97 Å². The molecule has 27 heavy (non-hydrogen) atoms. The Balaban J connectivity index is 1.87. The lowest BCUT2D eigenvalue weighted by molar-refractivity contribution is 0.0699. The van der Waals surface area contributed by atoms with Gasteiger partial charge in [-0.1, -0.05) is 6.42 Å². The van der Waals surface area contributed by atoms with Crippen LogP contribution in [0.4, 0.5) is 0 Å². The summed E-state index contributed by atoms with van der Waals surface area (Å²) in [4.78, 5) is 31.5. The van der Waals surface area contributed by atoms with E-state index in [0.29, 0.717) is 24.0 Å². The van der Waals surface area contributed by atoms with Crippen LogP contribution in [0.1, 0.15) is 29.6 Å². The first-order valence-electron chi connectivity index (χ1n) is 8.54. The summed E-state index contributed by atoms with van der Waals surface area (Å²) < 4.78 is 25.5. The molecule has 0 unspecified atom stereocenters. The summed E-state index contributed by atoms with van der Waals surface area (Å²) in [5.74, 6) is -1.20. The molecule has 10 heteroatoms. The summed E-state index contributed by atoms with van der Waals surface area (Å²) in [5.41, 5.74) is -0.0864. The number of nitrogens with zero attached hydrogens (tertiary/aromatic N) is 1. The highest BCUT2D eigenvalue weighted by Crippen LogP contribution is 2.27. The van der Waals surface area contributed by atoms with Crippen LogP contribution in [0.5, 0.6) is 0 Å². The van der Waals surface area contributed by atoms with E-state index in [4.69, 9.17) is 0 Å². The van der Waals surface area contributed by atoms with Gasteiger partial charge in [-0.3, -0.25) is 4.79 Å². The molecule has 1 aliphatic heterocycles. The average Bonchev–Trinajstić information content (AvgIpc) is 3.08. The van der Waals surface area contributed by atoms with Gasteiger partial charge in [0.25, 0.3) is 15.6 Å². The van der Waals surface area contributed by atoms with Gasteiger partial charge in [0.1, 0.15) is 5.52 Å². The van der Waals surface area contributed by atoms with Gasteiger partial charge in [0.2, 0.25) is 0 Å². The average molecular weight is 390 g/mol. The van der Waals surface area contributed by atoms with Gasteiger partial charge < -0.3 is 15.1 Å². The Kier molecular flexibility index (Phi) is 4.25. The van der Waals surface area contributed by atoms with Crippen molar-refractivity contribution < 1.29 is 18.3 Å². The second kappa shape index (κ2) is 6.48. The number of hydrogen-bond donors (Lipinski definition) is 4. The molecule has 0 aliphatic carbocycles. The molecule has 0 atom stereocenters. The van der Waals surface area contributed by atoms with Crippen LogP contribution >= 0.6 is 0 Å². The predicted molar refractivity (Wildman–Crippen MR) is 99.1 cm³/mol. The minimum absolute atomic E-state index is 0.00598. The molecule has 9 nitrogen and oxygen atoms in total. The van der Waals surface area contributed by atoms with Gasteiger partial charge in [0.05, 0.1) is 10.5 Å². The lowest BCUT2D eigenvalue weighted by atomic mass is 10.1. The zero-order valence-electron chi connectivity index (χ0n) is 14.3. The Morgan fingerprint density at radius 1 is 1.19 bits per heavy atom. The smallest absolute Gasteiger partial charge is 0.337 e. The van der Waals surface area contributed by atoms with E-state index < -0.39 is 21.6 Å². The number of aromatic amines is 2. The van der Waals surface area contributed by atoms with Crippen LogP contribution in [0.2, 0.25) is 0 Å². The normalized spacial score (nSPS) is 16.1. The first-order chi connectivity index (χ1) is 12.9. The molecule has 1 aromatic carbocycles. The minimum Gasteiger partial charge on any atom is -0.478 e. The van der Waals surface area contributed by atoms with Crippen molar-refractivity contribution in [1.82, 2.24) is 19.8 Å².